The number of ether oxygens (including phenoxy) is 1. The summed E-state index contributed by atoms with van der Waals surface area (Å²) in [6.45, 7) is -0.875. The number of phenolic OH excluding ortho intramolecular Hbond substituents is 1. The number of nitrogens with one attached hydrogen (secondary N) is 1. The Morgan fingerprint density at radius 2 is 1.67 bits per heavy atom. The summed E-state index contributed by atoms with van der Waals surface area (Å²) in [4.78, 5) is 37.5. The van der Waals surface area contributed by atoms with Gasteiger partial charge in [-0.1, -0.05) is 24.3 Å². The highest BCUT2D eigenvalue weighted by atomic mass is 19.1. The van der Waals surface area contributed by atoms with Gasteiger partial charge in [0.2, 0.25) is 5.91 Å². The summed E-state index contributed by atoms with van der Waals surface area (Å²) in [5.74, 6) is -2.62. The van der Waals surface area contributed by atoms with Gasteiger partial charge in [0.1, 0.15) is 17.1 Å². The van der Waals surface area contributed by atoms with E-state index in [2.05, 4.69) is 5.32 Å². The van der Waals surface area contributed by atoms with Gasteiger partial charge in [-0.15, -0.1) is 0 Å². The molecule has 0 unspecified atom stereocenters. The second-order valence-electron chi connectivity index (χ2n) is 6.60. The molecule has 0 aliphatic rings. The van der Waals surface area contributed by atoms with Crippen molar-refractivity contribution in [2.75, 3.05) is 25.5 Å². The lowest BCUT2D eigenvalue weighted by Gasteiger charge is -2.17. The van der Waals surface area contributed by atoms with Crippen molar-refractivity contribution in [3.8, 4) is 5.75 Å². The summed E-state index contributed by atoms with van der Waals surface area (Å²) < 4.78 is 17.9. The van der Waals surface area contributed by atoms with Crippen molar-refractivity contribution in [1.82, 2.24) is 4.90 Å². The second-order valence-corrected chi connectivity index (χ2v) is 6.60. The third kappa shape index (κ3) is 5.11. The fraction of sp³-hybridized carbons (Fsp3) is 0.136. The number of benzene rings is 3. The molecule has 0 aromatic heterocycles. The Balaban J connectivity index is 1.54. The molecule has 0 bridgehead atoms. The molecule has 154 valence electrons. The van der Waals surface area contributed by atoms with Gasteiger partial charge in [0, 0.05) is 12.7 Å². The summed E-state index contributed by atoms with van der Waals surface area (Å²) in [5, 5.41) is 14.1. The van der Waals surface area contributed by atoms with Crippen LogP contribution in [0.25, 0.3) is 10.8 Å². The Bertz CT molecular complexity index is 1100. The number of rotatable bonds is 6. The zero-order chi connectivity index (χ0) is 21.7. The van der Waals surface area contributed by atoms with Gasteiger partial charge < -0.3 is 20.1 Å². The highest BCUT2D eigenvalue weighted by Gasteiger charge is 2.18. The summed E-state index contributed by atoms with van der Waals surface area (Å²) >= 11 is 0. The topological polar surface area (TPSA) is 95.9 Å². The number of aromatic hydroxyl groups is 1. The highest BCUT2D eigenvalue weighted by Crippen LogP contribution is 2.25. The van der Waals surface area contributed by atoms with E-state index in [1.54, 1.807) is 24.3 Å². The number of likely N-dealkylation sites (N-methyl/N-ethyl adjacent to an activating group) is 1. The lowest BCUT2D eigenvalue weighted by atomic mass is 10.1. The van der Waals surface area contributed by atoms with Crippen molar-refractivity contribution >= 4 is 34.2 Å². The molecule has 3 rings (SSSR count). The number of carbonyl (C=O) groups excluding carboxylic acids is 3. The van der Waals surface area contributed by atoms with Crippen LogP contribution in [0.4, 0.5) is 10.1 Å². The number of halogens is 1. The number of phenols is 1. The molecule has 0 atom stereocenters. The molecule has 0 fully saturated rings. The molecular weight excluding hydrogens is 391 g/mol. The molecule has 8 heteroatoms. The van der Waals surface area contributed by atoms with E-state index in [0.717, 1.165) is 15.7 Å². The van der Waals surface area contributed by atoms with Gasteiger partial charge in [0.05, 0.1) is 6.54 Å². The average molecular weight is 410 g/mol. The van der Waals surface area contributed by atoms with E-state index in [0.29, 0.717) is 5.69 Å². The fourth-order valence-electron chi connectivity index (χ4n) is 2.74. The second kappa shape index (κ2) is 9.04. The minimum Gasteiger partial charge on any atom is -0.507 e. The molecule has 7 nitrogen and oxygen atoms in total. The maximum absolute atomic E-state index is 12.9. The van der Waals surface area contributed by atoms with E-state index in [4.69, 9.17) is 4.74 Å². The maximum Gasteiger partial charge on any atom is 0.342 e. The zero-order valence-corrected chi connectivity index (χ0v) is 16.1. The summed E-state index contributed by atoms with van der Waals surface area (Å²) in [6, 6.07) is 15.3. The lowest BCUT2D eigenvalue weighted by molar-refractivity contribution is -0.136. The van der Waals surface area contributed by atoms with E-state index >= 15 is 0 Å². The van der Waals surface area contributed by atoms with Crippen molar-refractivity contribution in [2.45, 2.75) is 0 Å². The molecule has 0 spiro atoms. The molecule has 0 radical (unpaired) electrons. The van der Waals surface area contributed by atoms with Crippen LogP contribution in [0.2, 0.25) is 0 Å². The third-order valence-electron chi connectivity index (χ3n) is 4.35. The Labute approximate surface area is 171 Å². The van der Waals surface area contributed by atoms with Crippen molar-refractivity contribution in [2.24, 2.45) is 0 Å². The lowest BCUT2D eigenvalue weighted by Crippen LogP contribution is -2.37. The molecule has 0 saturated heterocycles. The van der Waals surface area contributed by atoms with Crippen molar-refractivity contribution < 1.29 is 28.6 Å². The molecule has 3 aromatic carbocycles. The number of fused-ring (bicyclic) bond motifs is 1. The average Bonchev–Trinajstić information content (AvgIpc) is 2.72. The Kier molecular flexibility index (Phi) is 6.26. The molecule has 0 heterocycles. The van der Waals surface area contributed by atoms with Gasteiger partial charge in [-0.2, -0.15) is 0 Å². The van der Waals surface area contributed by atoms with Crippen LogP contribution in [0.1, 0.15) is 10.4 Å². The van der Waals surface area contributed by atoms with E-state index < -0.39 is 30.2 Å². The first-order valence-corrected chi connectivity index (χ1v) is 9.02. The van der Waals surface area contributed by atoms with Gasteiger partial charge in [0.25, 0.3) is 5.91 Å². The van der Waals surface area contributed by atoms with Crippen molar-refractivity contribution in [1.29, 1.82) is 0 Å². The number of amides is 2. The molecule has 0 aliphatic heterocycles. The summed E-state index contributed by atoms with van der Waals surface area (Å²) in [5.41, 5.74) is 0.332. The minimum atomic E-state index is -0.851. The molecule has 2 N–H and O–H groups in total. The van der Waals surface area contributed by atoms with E-state index in [1.165, 1.54) is 43.4 Å². The maximum atomic E-state index is 12.9. The highest BCUT2D eigenvalue weighted by molar-refractivity contribution is 5.99. The Morgan fingerprint density at radius 1 is 1.03 bits per heavy atom. The van der Waals surface area contributed by atoms with E-state index in [1.807, 2.05) is 0 Å². The number of carbonyl (C=O) groups is 3. The van der Waals surface area contributed by atoms with Gasteiger partial charge >= 0.3 is 5.97 Å². The summed E-state index contributed by atoms with van der Waals surface area (Å²) in [6.07, 6.45) is 0. The first kappa shape index (κ1) is 20.8. The molecule has 30 heavy (non-hydrogen) atoms. The normalized spacial score (nSPS) is 10.5. The van der Waals surface area contributed by atoms with Crippen LogP contribution < -0.4 is 5.32 Å². The van der Waals surface area contributed by atoms with Gasteiger partial charge in [-0.3, -0.25) is 9.59 Å². The molecular formula is C22H19FN2O5. The number of hydrogen-bond donors (Lipinski definition) is 2. The van der Waals surface area contributed by atoms with E-state index in [-0.39, 0.29) is 17.9 Å². The van der Waals surface area contributed by atoms with E-state index in [9.17, 15) is 23.9 Å². The number of anilines is 1. The van der Waals surface area contributed by atoms with Crippen LogP contribution in [-0.4, -0.2) is 48.0 Å². The van der Waals surface area contributed by atoms with Gasteiger partial charge in [0.15, 0.2) is 6.61 Å². The first-order chi connectivity index (χ1) is 14.3. The molecule has 0 aliphatic carbocycles. The monoisotopic (exact) mass is 410 g/mol. The quantitative estimate of drug-likeness (QED) is 0.609. The number of nitrogens with zero attached hydrogens (tertiary/aromatic N) is 1. The van der Waals surface area contributed by atoms with Crippen molar-refractivity contribution in [3.05, 3.63) is 72.0 Å². The third-order valence-corrected chi connectivity index (χ3v) is 4.35. The Morgan fingerprint density at radius 3 is 2.33 bits per heavy atom. The number of esters is 1. The molecule has 2 amide bonds. The van der Waals surface area contributed by atoms with Crippen LogP contribution in [0.3, 0.4) is 0 Å². The van der Waals surface area contributed by atoms with Crippen LogP contribution in [0, 0.1) is 5.82 Å². The van der Waals surface area contributed by atoms with Crippen LogP contribution >= 0.6 is 0 Å². The number of hydrogen-bond acceptors (Lipinski definition) is 5. The van der Waals surface area contributed by atoms with Crippen LogP contribution in [-0.2, 0) is 14.3 Å². The van der Waals surface area contributed by atoms with Gasteiger partial charge in [-0.05, 0) is 47.2 Å². The first-order valence-electron chi connectivity index (χ1n) is 9.02. The standard InChI is InChI=1S/C22H19FN2O5/c1-25(12-20(27)24-17-8-6-16(23)7-9-17)21(28)13-30-22(29)18-10-14-4-2-3-5-15(14)11-19(18)26/h2-11,26H,12-13H2,1H3,(H,24,27). The largest absolute Gasteiger partial charge is 0.507 e. The molecule has 3 aromatic rings. The van der Waals surface area contributed by atoms with Crippen molar-refractivity contribution in [3.63, 3.8) is 0 Å². The van der Waals surface area contributed by atoms with Gasteiger partial charge in [-0.25, -0.2) is 9.18 Å². The molecule has 0 saturated carbocycles. The smallest absolute Gasteiger partial charge is 0.342 e. The fourth-order valence-corrected chi connectivity index (χ4v) is 2.74. The van der Waals surface area contributed by atoms with Crippen LogP contribution in [0.15, 0.2) is 60.7 Å². The predicted molar refractivity (Wildman–Crippen MR) is 109 cm³/mol. The summed E-state index contributed by atoms with van der Waals surface area (Å²) in [7, 11) is 1.38. The Hall–Kier alpha value is -3.94. The zero-order valence-electron chi connectivity index (χ0n) is 16.1. The minimum absolute atomic E-state index is 0.0572. The van der Waals surface area contributed by atoms with Crippen LogP contribution in [0.5, 0.6) is 5.75 Å². The predicted octanol–water partition coefficient (Wildman–Crippen LogP) is 2.94. The SMILES string of the molecule is CN(CC(=O)Nc1ccc(F)cc1)C(=O)COC(=O)c1cc2ccccc2cc1O.